The zero-order valence-electron chi connectivity index (χ0n) is 6.42. The molecule has 0 aromatic carbocycles. The highest BCUT2D eigenvalue weighted by molar-refractivity contribution is 6.19. The highest BCUT2D eigenvalue weighted by Gasteiger charge is 1.86. The molecule has 1 aromatic heterocycles. The van der Waals surface area contributed by atoms with Crippen molar-refractivity contribution in [3.63, 3.8) is 0 Å². The lowest BCUT2D eigenvalue weighted by Gasteiger charge is -1.92. The Hall–Kier alpha value is -0.820. The van der Waals surface area contributed by atoms with Crippen molar-refractivity contribution < 1.29 is 0 Å². The Morgan fingerprint density at radius 3 is 3.00 bits per heavy atom. The molecule has 0 aliphatic heterocycles. The third-order valence-electron chi connectivity index (χ3n) is 1.29. The summed E-state index contributed by atoms with van der Waals surface area (Å²) >= 11 is 5.48. The maximum atomic E-state index is 5.48. The maximum absolute atomic E-state index is 5.48. The van der Waals surface area contributed by atoms with Gasteiger partial charge in [-0.2, -0.15) is 0 Å². The van der Waals surface area contributed by atoms with Crippen LogP contribution in [0.15, 0.2) is 24.3 Å². The lowest BCUT2D eigenvalue weighted by Crippen LogP contribution is -1.82. The fourth-order valence-electron chi connectivity index (χ4n) is 0.822. The zero-order chi connectivity index (χ0) is 8.10. The van der Waals surface area contributed by atoms with Crippen molar-refractivity contribution in [2.24, 2.45) is 0 Å². The van der Waals surface area contributed by atoms with E-state index in [-0.39, 0.29) is 0 Å². The average Bonchev–Trinajstić information content (AvgIpc) is 2.01. The van der Waals surface area contributed by atoms with Gasteiger partial charge in [0, 0.05) is 11.6 Å². The van der Waals surface area contributed by atoms with Gasteiger partial charge in [0.25, 0.3) is 0 Å². The summed E-state index contributed by atoms with van der Waals surface area (Å²) < 4.78 is 0. The van der Waals surface area contributed by atoms with Gasteiger partial charge in [-0.3, -0.25) is 4.98 Å². The molecular formula is C9H10ClN. The van der Waals surface area contributed by atoms with Crippen LogP contribution in [-0.4, -0.2) is 10.9 Å². The summed E-state index contributed by atoms with van der Waals surface area (Å²) in [4.78, 5) is 4.27. The minimum absolute atomic E-state index is 0.537. The number of allylic oxidation sites excluding steroid dienone is 1. The second-order valence-electron chi connectivity index (χ2n) is 2.26. The van der Waals surface area contributed by atoms with Crippen LogP contribution in [0.5, 0.6) is 0 Å². The third-order valence-corrected chi connectivity index (χ3v) is 1.47. The van der Waals surface area contributed by atoms with Gasteiger partial charge < -0.3 is 0 Å². The van der Waals surface area contributed by atoms with Crippen LogP contribution in [0.25, 0.3) is 6.08 Å². The van der Waals surface area contributed by atoms with Crippen molar-refractivity contribution in [2.45, 2.75) is 6.92 Å². The van der Waals surface area contributed by atoms with E-state index >= 15 is 0 Å². The lowest BCUT2D eigenvalue weighted by molar-refractivity contribution is 1.18. The molecule has 0 aliphatic rings. The summed E-state index contributed by atoms with van der Waals surface area (Å²) in [5, 5.41) is 0. The van der Waals surface area contributed by atoms with Gasteiger partial charge in [0.1, 0.15) is 0 Å². The van der Waals surface area contributed by atoms with Gasteiger partial charge in [0.15, 0.2) is 0 Å². The summed E-state index contributed by atoms with van der Waals surface area (Å²) in [5.74, 6) is 0.537. The Morgan fingerprint density at radius 1 is 1.55 bits per heavy atom. The van der Waals surface area contributed by atoms with Crippen molar-refractivity contribution >= 4 is 17.7 Å². The predicted octanol–water partition coefficient (Wildman–Crippen LogP) is 2.64. The molecule has 0 spiro atoms. The normalized spacial score (nSPS) is 10.7. The molecule has 0 bridgehead atoms. The van der Waals surface area contributed by atoms with E-state index < -0.39 is 0 Å². The maximum Gasteiger partial charge on any atom is 0.0630 e. The number of hydrogen-bond acceptors (Lipinski definition) is 1. The van der Waals surface area contributed by atoms with Gasteiger partial charge in [-0.1, -0.05) is 12.1 Å². The van der Waals surface area contributed by atoms with Crippen molar-refractivity contribution in [1.29, 1.82) is 0 Å². The third kappa shape index (κ3) is 2.72. The summed E-state index contributed by atoms with van der Waals surface area (Å²) in [6, 6.07) is 5.91. The van der Waals surface area contributed by atoms with Crippen LogP contribution in [0.3, 0.4) is 0 Å². The SMILES string of the molecule is Cc1cccc(C=CCCl)n1. The Balaban J connectivity index is 2.79. The molecule has 0 unspecified atom stereocenters. The van der Waals surface area contributed by atoms with Gasteiger partial charge in [-0.15, -0.1) is 11.6 Å². The molecule has 0 radical (unpaired) electrons. The number of aromatic nitrogens is 1. The lowest BCUT2D eigenvalue weighted by atomic mass is 10.3. The molecule has 0 saturated carbocycles. The number of halogens is 1. The Labute approximate surface area is 71.7 Å². The molecule has 0 fully saturated rings. The van der Waals surface area contributed by atoms with Crippen molar-refractivity contribution in [1.82, 2.24) is 4.98 Å². The number of rotatable bonds is 2. The van der Waals surface area contributed by atoms with E-state index in [1.165, 1.54) is 0 Å². The molecule has 58 valence electrons. The molecule has 1 rings (SSSR count). The Kier molecular flexibility index (Phi) is 3.12. The van der Waals surface area contributed by atoms with Crippen LogP contribution >= 0.6 is 11.6 Å². The first-order valence-corrected chi connectivity index (χ1v) is 4.02. The van der Waals surface area contributed by atoms with Crippen molar-refractivity contribution in [3.8, 4) is 0 Å². The standard InChI is InChI=1S/C9H10ClN/c1-8-4-2-5-9(11-8)6-3-7-10/h2-6H,7H2,1H3. The minimum Gasteiger partial charge on any atom is -0.254 e. The minimum atomic E-state index is 0.537. The van der Waals surface area contributed by atoms with E-state index in [2.05, 4.69) is 4.98 Å². The fourth-order valence-corrected chi connectivity index (χ4v) is 0.911. The molecule has 0 atom stereocenters. The van der Waals surface area contributed by atoms with E-state index in [4.69, 9.17) is 11.6 Å². The number of aryl methyl sites for hydroxylation is 1. The van der Waals surface area contributed by atoms with Crippen LogP contribution in [-0.2, 0) is 0 Å². The molecule has 11 heavy (non-hydrogen) atoms. The van der Waals surface area contributed by atoms with Crippen LogP contribution in [0, 0.1) is 6.92 Å². The molecule has 0 saturated heterocycles. The highest BCUT2D eigenvalue weighted by atomic mass is 35.5. The number of pyridine rings is 1. The van der Waals surface area contributed by atoms with Crippen LogP contribution in [0.4, 0.5) is 0 Å². The summed E-state index contributed by atoms with van der Waals surface area (Å²) in [6.45, 7) is 1.97. The fraction of sp³-hybridized carbons (Fsp3) is 0.222. The quantitative estimate of drug-likeness (QED) is 0.618. The molecule has 0 aliphatic carbocycles. The van der Waals surface area contributed by atoms with E-state index in [1.807, 2.05) is 37.3 Å². The Morgan fingerprint density at radius 2 is 2.36 bits per heavy atom. The molecular weight excluding hydrogens is 158 g/mol. The molecule has 1 aromatic rings. The first kappa shape index (κ1) is 8.28. The Bertz CT molecular complexity index is 255. The summed E-state index contributed by atoms with van der Waals surface area (Å²) in [5.41, 5.74) is 1.99. The van der Waals surface area contributed by atoms with Crippen LogP contribution in [0.2, 0.25) is 0 Å². The monoisotopic (exact) mass is 167 g/mol. The first-order chi connectivity index (χ1) is 5.33. The summed E-state index contributed by atoms with van der Waals surface area (Å²) in [7, 11) is 0. The zero-order valence-corrected chi connectivity index (χ0v) is 7.17. The van der Waals surface area contributed by atoms with Gasteiger partial charge >= 0.3 is 0 Å². The molecule has 0 amide bonds. The largest absolute Gasteiger partial charge is 0.254 e. The van der Waals surface area contributed by atoms with E-state index in [1.54, 1.807) is 0 Å². The van der Waals surface area contributed by atoms with Crippen molar-refractivity contribution in [3.05, 3.63) is 35.7 Å². The molecule has 1 heterocycles. The first-order valence-electron chi connectivity index (χ1n) is 3.49. The topological polar surface area (TPSA) is 12.9 Å². The smallest absolute Gasteiger partial charge is 0.0630 e. The van der Waals surface area contributed by atoms with Crippen LogP contribution < -0.4 is 0 Å². The number of hydrogen-bond donors (Lipinski definition) is 0. The van der Waals surface area contributed by atoms with E-state index in [0.29, 0.717) is 5.88 Å². The van der Waals surface area contributed by atoms with E-state index in [9.17, 15) is 0 Å². The number of alkyl halides is 1. The molecule has 2 heteroatoms. The average molecular weight is 168 g/mol. The summed E-state index contributed by atoms with van der Waals surface area (Å²) in [6.07, 6.45) is 3.79. The predicted molar refractivity (Wildman–Crippen MR) is 48.7 cm³/mol. The second kappa shape index (κ2) is 4.14. The molecule has 0 N–H and O–H groups in total. The number of nitrogens with zero attached hydrogens (tertiary/aromatic N) is 1. The van der Waals surface area contributed by atoms with Gasteiger partial charge in [-0.25, -0.2) is 0 Å². The van der Waals surface area contributed by atoms with Gasteiger partial charge in [0.2, 0.25) is 0 Å². The molecule has 1 nitrogen and oxygen atoms in total. The van der Waals surface area contributed by atoms with Crippen LogP contribution in [0.1, 0.15) is 11.4 Å². The van der Waals surface area contributed by atoms with Gasteiger partial charge in [-0.05, 0) is 25.1 Å². The highest BCUT2D eigenvalue weighted by Crippen LogP contribution is 2.00. The van der Waals surface area contributed by atoms with Gasteiger partial charge in [0.05, 0.1) is 5.69 Å². The van der Waals surface area contributed by atoms with Crippen molar-refractivity contribution in [2.75, 3.05) is 5.88 Å². The second-order valence-corrected chi connectivity index (χ2v) is 2.57. The van der Waals surface area contributed by atoms with E-state index in [0.717, 1.165) is 11.4 Å².